The molecule has 1 aromatic heterocycles. The number of nitrogens with zero attached hydrogens (tertiary/aromatic N) is 3. The van der Waals surface area contributed by atoms with Crippen LogP contribution in [0.2, 0.25) is 0 Å². The Morgan fingerprint density at radius 1 is 1.00 bits per heavy atom. The Kier molecular flexibility index (Phi) is 7.16. The van der Waals surface area contributed by atoms with Gasteiger partial charge in [0.25, 0.3) is 0 Å². The zero-order chi connectivity index (χ0) is 23.7. The molecule has 1 saturated carbocycles. The van der Waals surface area contributed by atoms with Crippen LogP contribution in [0.15, 0.2) is 24.4 Å². The Bertz CT molecular complexity index is 978. The first-order valence-electron chi connectivity index (χ1n) is 13.5. The molecular formula is C28H42N4O2. The molecule has 0 atom stereocenters. The molecule has 1 amide bonds. The minimum Gasteiger partial charge on any atom is -0.410 e. The summed E-state index contributed by atoms with van der Waals surface area (Å²) in [6.07, 6.45) is 12.2. The van der Waals surface area contributed by atoms with E-state index in [0.29, 0.717) is 11.8 Å². The highest BCUT2D eigenvalue weighted by molar-refractivity contribution is 5.86. The first kappa shape index (κ1) is 23.7. The summed E-state index contributed by atoms with van der Waals surface area (Å²) in [5.74, 6) is 2.29. The van der Waals surface area contributed by atoms with Gasteiger partial charge in [-0.25, -0.2) is 4.79 Å². The van der Waals surface area contributed by atoms with Crippen LogP contribution in [0.5, 0.6) is 5.75 Å². The van der Waals surface area contributed by atoms with Gasteiger partial charge in [-0.05, 0) is 100 Å². The molecular weight excluding hydrogens is 424 g/mol. The van der Waals surface area contributed by atoms with E-state index in [1.54, 1.807) is 0 Å². The summed E-state index contributed by atoms with van der Waals surface area (Å²) in [7, 11) is 0. The van der Waals surface area contributed by atoms with Crippen LogP contribution >= 0.6 is 0 Å². The van der Waals surface area contributed by atoms with Crippen molar-refractivity contribution in [1.29, 1.82) is 0 Å². The molecule has 3 aliphatic rings. The summed E-state index contributed by atoms with van der Waals surface area (Å²) < 4.78 is 7.73. The Morgan fingerprint density at radius 2 is 1.71 bits per heavy atom. The SMILES string of the molecule is CC(C)[C@H]1CC[C@@H](N2CCC(n3cc(CN4CCCC4)c4cc(OC(N)=O)ccc43)CC2)CC1. The number of hydrogen-bond acceptors (Lipinski definition) is 4. The Labute approximate surface area is 204 Å². The Morgan fingerprint density at radius 3 is 2.35 bits per heavy atom. The largest absolute Gasteiger partial charge is 0.410 e. The zero-order valence-electron chi connectivity index (χ0n) is 21.0. The van der Waals surface area contributed by atoms with Crippen LogP contribution in [0.4, 0.5) is 4.79 Å². The van der Waals surface area contributed by atoms with E-state index in [2.05, 4.69) is 40.5 Å². The summed E-state index contributed by atoms with van der Waals surface area (Å²) >= 11 is 0. The molecule has 2 saturated heterocycles. The van der Waals surface area contributed by atoms with Crippen molar-refractivity contribution in [1.82, 2.24) is 14.4 Å². The van der Waals surface area contributed by atoms with Gasteiger partial charge >= 0.3 is 6.09 Å². The molecule has 6 nitrogen and oxygen atoms in total. The molecule has 0 radical (unpaired) electrons. The quantitative estimate of drug-likeness (QED) is 0.607. The molecule has 0 unspecified atom stereocenters. The van der Waals surface area contributed by atoms with Gasteiger partial charge in [-0.2, -0.15) is 0 Å². The van der Waals surface area contributed by atoms with Gasteiger partial charge in [0.2, 0.25) is 0 Å². The summed E-state index contributed by atoms with van der Waals surface area (Å²) in [6.45, 7) is 10.5. The van der Waals surface area contributed by atoms with E-state index in [1.807, 2.05) is 12.1 Å². The number of likely N-dealkylation sites (tertiary alicyclic amines) is 2. The molecule has 0 spiro atoms. The van der Waals surface area contributed by atoms with E-state index >= 15 is 0 Å². The second-order valence-electron chi connectivity index (χ2n) is 11.2. The molecule has 3 fully saturated rings. The first-order chi connectivity index (χ1) is 16.5. The van der Waals surface area contributed by atoms with Gasteiger partial charge in [-0.15, -0.1) is 0 Å². The number of fused-ring (bicyclic) bond motifs is 1. The highest BCUT2D eigenvalue weighted by Gasteiger charge is 2.31. The Balaban J connectivity index is 1.30. The van der Waals surface area contributed by atoms with Crippen molar-refractivity contribution in [2.45, 2.75) is 83.8 Å². The summed E-state index contributed by atoms with van der Waals surface area (Å²) in [5, 5.41) is 1.19. The topological polar surface area (TPSA) is 63.7 Å². The maximum absolute atomic E-state index is 11.3. The van der Waals surface area contributed by atoms with Crippen LogP contribution in [0.3, 0.4) is 0 Å². The molecule has 5 rings (SSSR count). The lowest BCUT2D eigenvalue weighted by Crippen LogP contribution is -2.43. The van der Waals surface area contributed by atoms with Crippen LogP contribution in [-0.4, -0.2) is 52.7 Å². The second kappa shape index (κ2) is 10.3. The predicted molar refractivity (Wildman–Crippen MR) is 137 cm³/mol. The maximum Gasteiger partial charge on any atom is 0.409 e. The number of primary amides is 1. The Hall–Kier alpha value is -2.05. The van der Waals surface area contributed by atoms with Crippen molar-refractivity contribution in [2.24, 2.45) is 17.6 Å². The van der Waals surface area contributed by atoms with E-state index in [9.17, 15) is 4.79 Å². The normalized spacial score (nSPS) is 25.4. The third-order valence-corrected chi connectivity index (χ3v) is 8.79. The fourth-order valence-electron chi connectivity index (χ4n) is 6.76. The van der Waals surface area contributed by atoms with Crippen molar-refractivity contribution in [3.8, 4) is 5.75 Å². The lowest BCUT2D eigenvalue weighted by Gasteiger charge is -2.42. The van der Waals surface area contributed by atoms with Gasteiger partial charge < -0.3 is 19.9 Å². The number of benzene rings is 1. The molecule has 2 aromatic rings. The standard InChI is InChI=1S/C28H42N4O2/c1-20(2)21-5-7-23(8-6-21)31-15-11-24(12-16-31)32-19-22(18-30-13-3-4-14-30)26-17-25(34-28(29)33)9-10-27(26)32/h9-10,17,19-21,23-24H,3-8,11-16,18H2,1-2H3,(H2,29,33)/t21-,23+. The van der Waals surface area contributed by atoms with Gasteiger partial charge in [0.1, 0.15) is 5.75 Å². The van der Waals surface area contributed by atoms with Crippen molar-refractivity contribution in [3.63, 3.8) is 0 Å². The van der Waals surface area contributed by atoms with Crippen LogP contribution in [0.1, 0.15) is 76.8 Å². The average molecular weight is 467 g/mol. The summed E-state index contributed by atoms with van der Waals surface area (Å²) in [6, 6.07) is 7.31. The van der Waals surface area contributed by atoms with Crippen LogP contribution < -0.4 is 10.5 Å². The smallest absolute Gasteiger partial charge is 0.409 e. The van der Waals surface area contributed by atoms with E-state index in [4.69, 9.17) is 10.5 Å². The third-order valence-electron chi connectivity index (χ3n) is 8.79. The van der Waals surface area contributed by atoms with Gasteiger partial charge in [0, 0.05) is 48.8 Å². The molecule has 2 N–H and O–H groups in total. The van der Waals surface area contributed by atoms with E-state index < -0.39 is 6.09 Å². The minimum atomic E-state index is -0.755. The second-order valence-corrected chi connectivity index (χ2v) is 11.2. The number of rotatable bonds is 6. The van der Waals surface area contributed by atoms with E-state index in [-0.39, 0.29) is 0 Å². The molecule has 186 valence electrons. The summed E-state index contributed by atoms with van der Waals surface area (Å²) in [4.78, 5) is 16.6. The van der Waals surface area contributed by atoms with E-state index in [0.717, 1.165) is 24.4 Å². The number of hydrogen-bond donors (Lipinski definition) is 1. The van der Waals surface area contributed by atoms with Crippen LogP contribution in [0, 0.1) is 11.8 Å². The number of amides is 1. The number of nitrogens with two attached hydrogens (primary N) is 1. The highest BCUT2D eigenvalue weighted by Crippen LogP contribution is 2.37. The number of ether oxygens (including phenoxy) is 1. The monoisotopic (exact) mass is 466 g/mol. The average Bonchev–Trinajstić information content (AvgIpc) is 3.47. The first-order valence-corrected chi connectivity index (χ1v) is 13.5. The fraction of sp³-hybridized carbons (Fsp3) is 0.679. The van der Waals surface area contributed by atoms with Crippen LogP contribution in [-0.2, 0) is 6.54 Å². The van der Waals surface area contributed by atoms with Crippen LogP contribution in [0.25, 0.3) is 10.9 Å². The van der Waals surface area contributed by atoms with Gasteiger partial charge in [0.15, 0.2) is 0 Å². The molecule has 1 aromatic carbocycles. The highest BCUT2D eigenvalue weighted by atomic mass is 16.5. The van der Waals surface area contributed by atoms with Gasteiger partial charge in [-0.3, -0.25) is 4.90 Å². The van der Waals surface area contributed by atoms with E-state index in [1.165, 1.54) is 94.0 Å². The molecule has 34 heavy (non-hydrogen) atoms. The predicted octanol–water partition coefficient (Wildman–Crippen LogP) is 5.55. The zero-order valence-corrected chi connectivity index (χ0v) is 21.0. The van der Waals surface area contributed by atoms with Gasteiger partial charge in [-0.1, -0.05) is 13.8 Å². The number of piperidine rings is 1. The van der Waals surface area contributed by atoms with Gasteiger partial charge in [0.05, 0.1) is 0 Å². The molecule has 1 aliphatic carbocycles. The lowest BCUT2D eigenvalue weighted by atomic mass is 9.79. The molecule has 3 heterocycles. The van der Waals surface area contributed by atoms with Crippen molar-refractivity contribution in [3.05, 3.63) is 30.0 Å². The van der Waals surface area contributed by atoms with Crippen molar-refractivity contribution < 1.29 is 9.53 Å². The number of carbonyl (C=O) groups is 1. The van der Waals surface area contributed by atoms with Crippen molar-refractivity contribution in [2.75, 3.05) is 26.2 Å². The number of aromatic nitrogens is 1. The lowest BCUT2D eigenvalue weighted by molar-refractivity contribution is 0.0893. The molecule has 2 aliphatic heterocycles. The minimum absolute atomic E-state index is 0.529. The van der Waals surface area contributed by atoms with Crippen molar-refractivity contribution >= 4 is 17.0 Å². The molecule has 0 bridgehead atoms. The molecule has 6 heteroatoms. The maximum atomic E-state index is 11.3. The number of carbonyl (C=O) groups excluding carboxylic acids is 1. The summed E-state index contributed by atoms with van der Waals surface area (Å²) in [5.41, 5.74) is 7.86. The third kappa shape index (κ3) is 5.13. The fourth-order valence-corrected chi connectivity index (χ4v) is 6.76.